The molecule has 2 heterocycles. The third kappa shape index (κ3) is 5.62. The van der Waals surface area contributed by atoms with E-state index in [4.69, 9.17) is 11.6 Å². The molecule has 0 fully saturated rings. The third-order valence-electron chi connectivity index (χ3n) is 5.91. The van der Waals surface area contributed by atoms with E-state index < -0.39 is 30.9 Å². The number of phosphoric ester groups is 1. The van der Waals surface area contributed by atoms with Crippen LogP contribution in [0.5, 0.6) is 5.75 Å². The number of fused-ring (bicyclic) bond motifs is 1. The van der Waals surface area contributed by atoms with Crippen LogP contribution in [0.25, 0.3) is 27.9 Å². The maximum atomic E-state index is 13.6. The minimum absolute atomic E-state index is 0.236. The van der Waals surface area contributed by atoms with Crippen LogP contribution in [0.3, 0.4) is 0 Å². The quantitative estimate of drug-likeness (QED) is 0.211. The van der Waals surface area contributed by atoms with Crippen LogP contribution in [-0.2, 0) is 17.2 Å². The lowest BCUT2D eigenvalue weighted by molar-refractivity contribution is -0.137. The maximum absolute atomic E-state index is 13.6. The number of hydrogen-bond donors (Lipinski definition) is 3. The Bertz CT molecular complexity index is 1780. The Morgan fingerprint density at radius 1 is 1.00 bits per heavy atom. The van der Waals surface area contributed by atoms with Gasteiger partial charge in [0.1, 0.15) is 5.75 Å². The number of nitrogens with one attached hydrogen (secondary N) is 1. The van der Waals surface area contributed by atoms with E-state index in [0.717, 1.165) is 22.3 Å². The maximum Gasteiger partial charge on any atom is 0.524 e. The summed E-state index contributed by atoms with van der Waals surface area (Å²) in [4.78, 5) is 36.6. The summed E-state index contributed by atoms with van der Waals surface area (Å²) >= 11 is 6.06. The number of aromatic nitrogens is 3. The molecule has 13 heteroatoms. The summed E-state index contributed by atoms with van der Waals surface area (Å²) in [6, 6.07) is 18.4. The zero-order valence-corrected chi connectivity index (χ0v) is 21.3. The predicted octanol–water partition coefficient (Wildman–Crippen LogP) is 6.09. The standard InChI is InChI=1S/C26H18ClF3N3O5P/c27-18-9-6-16(7-10-18)23-21(12-15-4-2-1-3-5-15)32-33-24(23)31-14-20(25(33)34)19-11-8-17(26(28,29)30)13-22(19)38-39(35,36)37/h1-11,13-14,32H,12H2,(H2,35,36,37). The van der Waals surface area contributed by atoms with E-state index in [9.17, 15) is 32.3 Å². The second kappa shape index (κ2) is 10.0. The molecule has 3 N–H and O–H groups in total. The van der Waals surface area contributed by atoms with Gasteiger partial charge < -0.3 is 4.52 Å². The Hall–Kier alpha value is -3.89. The van der Waals surface area contributed by atoms with E-state index in [0.29, 0.717) is 40.4 Å². The number of halogens is 4. The molecule has 5 rings (SSSR count). The number of phosphoric acid groups is 1. The van der Waals surface area contributed by atoms with Crippen molar-refractivity contribution in [2.45, 2.75) is 12.6 Å². The molecular weight excluding hydrogens is 558 g/mol. The Morgan fingerprint density at radius 2 is 1.69 bits per heavy atom. The SMILES string of the molecule is O=c1c(-c2ccc(C(F)(F)F)cc2OP(=O)(O)O)cnc2c(-c3ccc(Cl)cc3)c(Cc3ccccc3)[nH]n12. The second-order valence-corrected chi connectivity index (χ2v) is 10.2. The fourth-order valence-corrected chi connectivity index (χ4v) is 4.75. The second-order valence-electron chi connectivity index (χ2n) is 8.56. The molecule has 0 amide bonds. The largest absolute Gasteiger partial charge is 0.524 e. The van der Waals surface area contributed by atoms with Gasteiger partial charge in [0.25, 0.3) is 5.56 Å². The van der Waals surface area contributed by atoms with Crippen molar-refractivity contribution < 1.29 is 32.0 Å². The van der Waals surface area contributed by atoms with Crippen molar-refractivity contribution in [1.29, 1.82) is 0 Å². The summed E-state index contributed by atoms with van der Waals surface area (Å²) in [6.45, 7) is 0. The van der Waals surface area contributed by atoms with Crippen LogP contribution in [0.4, 0.5) is 13.2 Å². The first kappa shape index (κ1) is 26.7. The molecular formula is C26H18ClF3N3O5P. The van der Waals surface area contributed by atoms with Gasteiger partial charge in [-0.1, -0.05) is 54.1 Å². The Labute approximate surface area is 223 Å². The normalized spacial score (nSPS) is 12.2. The van der Waals surface area contributed by atoms with E-state index in [1.54, 1.807) is 24.3 Å². The number of alkyl halides is 3. The number of aromatic amines is 1. The van der Waals surface area contributed by atoms with Gasteiger partial charge >= 0.3 is 14.0 Å². The highest BCUT2D eigenvalue weighted by molar-refractivity contribution is 7.46. The summed E-state index contributed by atoms with van der Waals surface area (Å²) in [5.41, 5.74) is 0.689. The lowest BCUT2D eigenvalue weighted by Gasteiger charge is -2.14. The van der Waals surface area contributed by atoms with Crippen molar-refractivity contribution in [2.75, 3.05) is 0 Å². The van der Waals surface area contributed by atoms with Crippen LogP contribution in [0.15, 0.2) is 83.8 Å². The lowest BCUT2D eigenvalue weighted by Crippen LogP contribution is -2.17. The van der Waals surface area contributed by atoms with Crippen molar-refractivity contribution in [1.82, 2.24) is 14.6 Å². The molecule has 0 aliphatic heterocycles. The molecule has 0 spiro atoms. The highest BCUT2D eigenvalue weighted by atomic mass is 35.5. The minimum atomic E-state index is -5.27. The molecule has 39 heavy (non-hydrogen) atoms. The zero-order valence-electron chi connectivity index (χ0n) is 19.7. The van der Waals surface area contributed by atoms with E-state index in [2.05, 4.69) is 14.6 Å². The number of hydrogen-bond acceptors (Lipinski definition) is 4. The Kier molecular flexibility index (Phi) is 6.86. The molecule has 0 bridgehead atoms. The molecule has 0 saturated carbocycles. The van der Waals surface area contributed by atoms with E-state index in [-0.39, 0.29) is 16.8 Å². The summed E-state index contributed by atoms with van der Waals surface area (Å²) in [5, 5.41) is 3.55. The summed E-state index contributed by atoms with van der Waals surface area (Å²) in [5.74, 6) is -0.814. The molecule has 8 nitrogen and oxygen atoms in total. The van der Waals surface area contributed by atoms with Gasteiger partial charge in [-0.3, -0.25) is 19.7 Å². The van der Waals surface area contributed by atoms with Gasteiger partial charge in [0.2, 0.25) is 0 Å². The van der Waals surface area contributed by atoms with Crippen LogP contribution in [0, 0.1) is 0 Å². The molecule has 0 atom stereocenters. The van der Waals surface area contributed by atoms with Gasteiger partial charge in [0, 0.05) is 34.5 Å². The van der Waals surface area contributed by atoms with Crippen molar-refractivity contribution in [3.05, 3.63) is 111 Å². The molecule has 2 aromatic heterocycles. The third-order valence-corrected chi connectivity index (χ3v) is 6.59. The first-order chi connectivity index (χ1) is 18.4. The van der Waals surface area contributed by atoms with Crippen LogP contribution in [-0.4, -0.2) is 24.4 Å². The zero-order chi connectivity index (χ0) is 27.9. The van der Waals surface area contributed by atoms with Crippen LogP contribution in [0.1, 0.15) is 16.8 Å². The monoisotopic (exact) mass is 575 g/mol. The van der Waals surface area contributed by atoms with Crippen LogP contribution >= 0.6 is 19.4 Å². The number of nitrogens with zero attached hydrogens (tertiary/aromatic N) is 2. The highest BCUT2D eigenvalue weighted by Crippen LogP contribution is 2.44. The van der Waals surface area contributed by atoms with Crippen LogP contribution in [0.2, 0.25) is 5.02 Å². The number of H-pyrrole nitrogens is 1. The van der Waals surface area contributed by atoms with Crippen molar-refractivity contribution in [2.24, 2.45) is 0 Å². The van der Waals surface area contributed by atoms with E-state index >= 15 is 0 Å². The molecule has 0 aliphatic carbocycles. The predicted molar refractivity (Wildman–Crippen MR) is 139 cm³/mol. The highest BCUT2D eigenvalue weighted by Gasteiger charge is 2.33. The van der Waals surface area contributed by atoms with Gasteiger partial charge in [-0.05, 0) is 41.5 Å². The summed E-state index contributed by atoms with van der Waals surface area (Å²) in [7, 11) is -5.27. The first-order valence-electron chi connectivity index (χ1n) is 11.3. The topological polar surface area (TPSA) is 117 Å². The van der Waals surface area contributed by atoms with Gasteiger partial charge in [0.05, 0.1) is 11.1 Å². The summed E-state index contributed by atoms with van der Waals surface area (Å²) in [6.07, 6.45) is -3.29. The fourth-order valence-electron chi connectivity index (χ4n) is 4.22. The average Bonchev–Trinajstić information content (AvgIpc) is 3.23. The van der Waals surface area contributed by atoms with E-state index in [1.807, 2.05) is 30.3 Å². The van der Waals surface area contributed by atoms with Gasteiger partial charge in [-0.25, -0.2) is 14.1 Å². The minimum Gasteiger partial charge on any atom is -0.404 e. The molecule has 0 radical (unpaired) electrons. The fraction of sp³-hybridized carbons (Fsp3) is 0.0769. The Morgan fingerprint density at radius 3 is 2.33 bits per heavy atom. The van der Waals surface area contributed by atoms with Gasteiger partial charge in [-0.15, -0.1) is 0 Å². The Balaban J connectivity index is 1.72. The first-order valence-corrected chi connectivity index (χ1v) is 13.2. The van der Waals surface area contributed by atoms with Gasteiger partial charge in [0.15, 0.2) is 5.65 Å². The molecule has 3 aromatic carbocycles. The number of rotatable bonds is 6. The lowest BCUT2D eigenvalue weighted by atomic mass is 10.0. The average molecular weight is 576 g/mol. The van der Waals surface area contributed by atoms with Crippen molar-refractivity contribution >= 4 is 25.1 Å². The smallest absolute Gasteiger partial charge is 0.404 e. The molecule has 0 unspecified atom stereocenters. The summed E-state index contributed by atoms with van der Waals surface area (Å²) < 4.78 is 57.1. The van der Waals surface area contributed by atoms with E-state index in [1.165, 1.54) is 0 Å². The molecule has 200 valence electrons. The molecule has 5 aromatic rings. The van der Waals surface area contributed by atoms with Crippen molar-refractivity contribution in [3.8, 4) is 28.0 Å². The van der Waals surface area contributed by atoms with Gasteiger partial charge in [-0.2, -0.15) is 13.2 Å². The van der Waals surface area contributed by atoms with Crippen molar-refractivity contribution in [3.63, 3.8) is 0 Å². The molecule has 0 saturated heterocycles. The number of benzene rings is 3. The molecule has 0 aliphatic rings. The van der Waals surface area contributed by atoms with Crippen LogP contribution < -0.4 is 10.1 Å².